The molecule has 0 aliphatic heterocycles. The highest BCUT2D eigenvalue weighted by Crippen LogP contribution is 2.20. The van der Waals surface area contributed by atoms with Crippen molar-refractivity contribution in [2.24, 2.45) is 0 Å². The lowest BCUT2D eigenvalue weighted by molar-refractivity contribution is -0.0119. The third-order valence-corrected chi connectivity index (χ3v) is 3.36. The topological polar surface area (TPSA) is 30.5 Å². The lowest BCUT2D eigenvalue weighted by Crippen LogP contribution is -2.18. The molecule has 1 N–H and O–H groups in total. The van der Waals surface area contributed by atoms with Crippen LogP contribution in [-0.4, -0.2) is 25.4 Å². The van der Waals surface area contributed by atoms with Crippen LogP contribution < -0.4 is 5.32 Å². The van der Waals surface area contributed by atoms with Gasteiger partial charge in [-0.25, -0.2) is 0 Å². The van der Waals surface area contributed by atoms with Crippen molar-refractivity contribution in [3.8, 4) is 0 Å². The molecule has 0 spiro atoms. The Kier molecular flexibility index (Phi) is 5.83. The molecule has 1 aromatic carbocycles. The molecule has 0 saturated heterocycles. The van der Waals surface area contributed by atoms with Crippen LogP contribution in [0.3, 0.4) is 0 Å². The second kappa shape index (κ2) is 7.63. The fourth-order valence-corrected chi connectivity index (χ4v) is 1.98. The van der Waals surface area contributed by atoms with Crippen LogP contribution in [0.5, 0.6) is 0 Å². The first-order valence-corrected chi connectivity index (χ1v) is 7.29. The van der Waals surface area contributed by atoms with Gasteiger partial charge in [0.05, 0.1) is 19.3 Å². The van der Waals surface area contributed by atoms with Gasteiger partial charge in [0.15, 0.2) is 0 Å². The maximum Gasteiger partial charge on any atom is 0.0785 e. The Morgan fingerprint density at radius 2 is 2.00 bits per heavy atom. The highest BCUT2D eigenvalue weighted by Gasteiger charge is 2.20. The van der Waals surface area contributed by atoms with Crippen molar-refractivity contribution >= 4 is 0 Å². The van der Waals surface area contributed by atoms with E-state index in [1.165, 1.54) is 24.0 Å². The molecule has 3 nitrogen and oxygen atoms in total. The average molecular weight is 263 g/mol. The molecule has 1 atom stereocenters. The summed E-state index contributed by atoms with van der Waals surface area (Å²) in [7, 11) is 0. The Hall–Kier alpha value is -0.900. The zero-order chi connectivity index (χ0) is 13.5. The number of benzene rings is 1. The summed E-state index contributed by atoms with van der Waals surface area (Å²) in [5.41, 5.74) is 2.62. The predicted molar refractivity (Wildman–Crippen MR) is 77.0 cm³/mol. The van der Waals surface area contributed by atoms with Crippen LogP contribution >= 0.6 is 0 Å². The standard InChI is InChI=1S/C16H25NO2/c1-3-18-11-13(2)19-12-15-7-5-4-6-14(15)10-17-16-8-9-16/h4-7,13,16-17H,3,8-12H2,1-2H3. The zero-order valence-corrected chi connectivity index (χ0v) is 12.0. The Bertz CT molecular complexity index is 377. The summed E-state index contributed by atoms with van der Waals surface area (Å²) in [5, 5.41) is 3.55. The van der Waals surface area contributed by atoms with Crippen molar-refractivity contribution in [2.75, 3.05) is 13.2 Å². The summed E-state index contributed by atoms with van der Waals surface area (Å²) in [4.78, 5) is 0. The molecule has 0 amide bonds. The Balaban J connectivity index is 1.80. The molecule has 106 valence electrons. The van der Waals surface area contributed by atoms with E-state index in [4.69, 9.17) is 9.47 Å². The molecule has 1 fully saturated rings. The van der Waals surface area contributed by atoms with E-state index in [-0.39, 0.29) is 6.10 Å². The SMILES string of the molecule is CCOCC(C)OCc1ccccc1CNC1CC1. The van der Waals surface area contributed by atoms with E-state index in [0.717, 1.165) is 19.2 Å². The first-order valence-electron chi connectivity index (χ1n) is 7.29. The van der Waals surface area contributed by atoms with Crippen LogP contribution in [0.4, 0.5) is 0 Å². The van der Waals surface area contributed by atoms with E-state index in [1.807, 2.05) is 6.92 Å². The summed E-state index contributed by atoms with van der Waals surface area (Å²) < 4.78 is 11.2. The highest BCUT2D eigenvalue weighted by atomic mass is 16.5. The second-order valence-electron chi connectivity index (χ2n) is 5.20. The molecule has 0 bridgehead atoms. The Morgan fingerprint density at radius 1 is 1.26 bits per heavy atom. The molecular weight excluding hydrogens is 238 g/mol. The van der Waals surface area contributed by atoms with Crippen LogP contribution in [0.2, 0.25) is 0 Å². The van der Waals surface area contributed by atoms with Gasteiger partial charge in [-0.05, 0) is 37.8 Å². The van der Waals surface area contributed by atoms with Crippen LogP contribution in [0.15, 0.2) is 24.3 Å². The summed E-state index contributed by atoms with van der Waals surface area (Å²) in [6, 6.07) is 9.24. The summed E-state index contributed by atoms with van der Waals surface area (Å²) >= 11 is 0. The Labute approximate surface area is 116 Å². The van der Waals surface area contributed by atoms with E-state index in [1.54, 1.807) is 0 Å². The van der Waals surface area contributed by atoms with Crippen LogP contribution in [0, 0.1) is 0 Å². The molecular formula is C16H25NO2. The van der Waals surface area contributed by atoms with Crippen molar-refractivity contribution in [3.05, 3.63) is 35.4 Å². The summed E-state index contributed by atoms with van der Waals surface area (Å²) in [5.74, 6) is 0. The number of hydrogen-bond acceptors (Lipinski definition) is 3. The van der Waals surface area contributed by atoms with Gasteiger partial charge in [0, 0.05) is 19.2 Å². The molecule has 1 aliphatic rings. The van der Waals surface area contributed by atoms with Gasteiger partial charge in [0.2, 0.25) is 0 Å². The smallest absolute Gasteiger partial charge is 0.0785 e. The molecule has 3 heteroatoms. The normalized spacial score (nSPS) is 16.5. The minimum Gasteiger partial charge on any atom is -0.379 e. The quantitative estimate of drug-likeness (QED) is 0.743. The molecule has 2 rings (SSSR count). The van der Waals surface area contributed by atoms with Gasteiger partial charge in [0.1, 0.15) is 0 Å². The molecule has 0 radical (unpaired) electrons. The minimum absolute atomic E-state index is 0.143. The summed E-state index contributed by atoms with van der Waals surface area (Å²) in [6.07, 6.45) is 2.79. The van der Waals surface area contributed by atoms with E-state index in [2.05, 4.69) is 36.5 Å². The second-order valence-corrected chi connectivity index (χ2v) is 5.20. The average Bonchev–Trinajstić information content (AvgIpc) is 3.25. The number of hydrogen-bond donors (Lipinski definition) is 1. The van der Waals surface area contributed by atoms with Crippen LogP contribution in [-0.2, 0) is 22.6 Å². The molecule has 19 heavy (non-hydrogen) atoms. The lowest BCUT2D eigenvalue weighted by Gasteiger charge is -2.15. The van der Waals surface area contributed by atoms with Gasteiger partial charge in [-0.1, -0.05) is 24.3 Å². The molecule has 1 aromatic rings. The largest absolute Gasteiger partial charge is 0.379 e. The van der Waals surface area contributed by atoms with Crippen molar-refractivity contribution in [1.82, 2.24) is 5.32 Å². The van der Waals surface area contributed by atoms with Gasteiger partial charge in [-0.2, -0.15) is 0 Å². The van der Waals surface area contributed by atoms with Crippen molar-refractivity contribution in [1.29, 1.82) is 0 Å². The van der Waals surface area contributed by atoms with Gasteiger partial charge >= 0.3 is 0 Å². The molecule has 1 unspecified atom stereocenters. The van der Waals surface area contributed by atoms with E-state index < -0.39 is 0 Å². The third kappa shape index (κ3) is 5.31. The van der Waals surface area contributed by atoms with E-state index >= 15 is 0 Å². The van der Waals surface area contributed by atoms with Gasteiger partial charge in [0.25, 0.3) is 0 Å². The van der Waals surface area contributed by atoms with Gasteiger partial charge in [-0.3, -0.25) is 0 Å². The number of nitrogens with one attached hydrogen (secondary N) is 1. The van der Waals surface area contributed by atoms with E-state index in [0.29, 0.717) is 13.2 Å². The van der Waals surface area contributed by atoms with Crippen LogP contribution in [0.1, 0.15) is 37.8 Å². The fraction of sp³-hybridized carbons (Fsp3) is 0.625. The number of rotatable bonds is 9. The zero-order valence-electron chi connectivity index (χ0n) is 12.0. The lowest BCUT2D eigenvalue weighted by atomic mass is 10.1. The first-order chi connectivity index (χ1) is 9.29. The van der Waals surface area contributed by atoms with Gasteiger partial charge in [-0.15, -0.1) is 0 Å². The molecule has 0 heterocycles. The number of ether oxygens (including phenoxy) is 2. The van der Waals surface area contributed by atoms with Crippen molar-refractivity contribution in [2.45, 2.75) is 52.0 Å². The predicted octanol–water partition coefficient (Wildman–Crippen LogP) is 2.88. The van der Waals surface area contributed by atoms with E-state index in [9.17, 15) is 0 Å². The maximum atomic E-state index is 5.84. The van der Waals surface area contributed by atoms with Crippen molar-refractivity contribution < 1.29 is 9.47 Å². The third-order valence-electron chi connectivity index (χ3n) is 3.36. The van der Waals surface area contributed by atoms with Crippen molar-refractivity contribution in [3.63, 3.8) is 0 Å². The fourth-order valence-electron chi connectivity index (χ4n) is 1.98. The summed E-state index contributed by atoms with van der Waals surface area (Å²) in [6.45, 7) is 7.08. The molecule has 1 aliphatic carbocycles. The van der Waals surface area contributed by atoms with Crippen LogP contribution in [0.25, 0.3) is 0 Å². The molecule has 0 aromatic heterocycles. The first kappa shape index (κ1) is 14.5. The Morgan fingerprint density at radius 3 is 2.68 bits per heavy atom. The van der Waals surface area contributed by atoms with Gasteiger partial charge < -0.3 is 14.8 Å². The molecule has 1 saturated carbocycles. The highest BCUT2D eigenvalue weighted by molar-refractivity contribution is 5.26. The monoisotopic (exact) mass is 263 g/mol. The minimum atomic E-state index is 0.143. The maximum absolute atomic E-state index is 5.84.